The van der Waals surface area contributed by atoms with E-state index in [2.05, 4.69) is 0 Å². The first kappa shape index (κ1) is 13.5. The zero-order chi connectivity index (χ0) is 14.2. The number of sulfone groups is 1. The van der Waals surface area contributed by atoms with E-state index in [0.717, 1.165) is 17.6 Å². The second-order valence-electron chi connectivity index (χ2n) is 3.89. The summed E-state index contributed by atoms with van der Waals surface area (Å²) in [6.07, 6.45) is 1.05. The molecule has 0 bridgehead atoms. The number of thiophene rings is 1. The molecule has 0 spiro atoms. The molecule has 0 amide bonds. The van der Waals surface area contributed by atoms with E-state index in [1.54, 1.807) is 0 Å². The van der Waals surface area contributed by atoms with Crippen LogP contribution in [0.4, 0.5) is 9.39 Å². The molecule has 1 aromatic carbocycles. The number of hydrogen-bond acceptors (Lipinski definition) is 5. The number of anilines is 1. The summed E-state index contributed by atoms with van der Waals surface area (Å²) in [5.41, 5.74) is 6.48. The second kappa shape index (κ2) is 4.64. The van der Waals surface area contributed by atoms with Crippen molar-refractivity contribution in [2.45, 2.75) is 4.21 Å². The molecule has 0 aliphatic rings. The van der Waals surface area contributed by atoms with Crippen molar-refractivity contribution in [3.63, 3.8) is 0 Å². The summed E-state index contributed by atoms with van der Waals surface area (Å²) in [5.74, 6) is -0.439. The first-order valence-corrected chi connectivity index (χ1v) is 7.83. The fraction of sp³-hybridized carbons (Fsp3) is 0.0833. The Labute approximate surface area is 113 Å². The lowest BCUT2D eigenvalue weighted by Crippen LogP contribution is -1.96. The fourth-order valence-electron chi connectivity index (χ4n) is 1.68. The third-order valence-corrected chi connectivity index (χ3v) is 5.33. The predicted molar refractivity (Wildman–Crippen MR) is 72.0 cm³/mol. The lowest BCUT2D eigenvalue weighted by molar-refractivity contribution is 0.604. The Kier molecular flexibility index (Phi) is 3.30. The fourth-order valence-corrected chi connectivity index (χ4v) is 3.92. The maximum absolute atomic E-state index is 12.9. The number of nitriles is 1. The van der Waals surface area contributed by atoms with Crippen molar-refractivity contribution >= 4 is 26.2 Å². The highest BCUT2D eigenvalue weighted by Crippen LogP contribution is 2.40. The van der Waals surface area contributed by atoms with Crippen LogP contribution in [0.25, 0.3) is 11.1 Å². The molecule has 2 N–H and O–H groups in total. The van der Waals surface area contributed by atoms with Crippen molar-refractivity contribution in [3.05, 3.63) is 35.6 Å². The number of hydrogen-bond donors (Lipinski definition) is 1. The van der Waals surface area contributed by atoms with E-state index in [1.165, 1.54) is 24.3 Å². The van der Waals surface area contributed by atoms with Gasteiger partial charge in [0.25, 0.3) is 0 Å². The number of benzene rings is 1. The minimum absolute atomic E-state index is 0.0214. The Morgan fingerprint density at radius 3 is 2.37 bits per heavy atom. The van der Waals surface area contributed by atoms with E-state index >= 15 is 0 Å². The highest BCUT2D eigenvalue weighted by Gasteiger charge is 2.24. The Balaban J connectivity index is 2.81. The molecule has 0 saturated carbocycles. The lowest BCUT2D eigenvalue weighted by atomic mass is 10.0. The predicted octanol–water partition coefficient (Wildman–Crippen LogP) is 2.41. The Hall–Kier alpha value is -1.91. The van der Waals surface area contributed by atoms with Gasteiger partial charge >= 0.3 is 0 Å². The van der Waals surface area contributed by atoms with Gasteiger partial charge in [0.05, 0.1) is 5.56 Å². The highest BCUT2D eigenvalue weighted by molar-refractivity contribution is 7.93. The van der Waals surface area contributed by atoms with E-state index < -0.39 is 15.7 Å². The van der Waals surface area contributed by atoms with Crippen molar-refractivity contribution in [2.24, 2.45) is 0 Å². The smallest absolute Gasteiger partial charge is 0.185 e. The molecule has 1 aromatic heterocycles. The standard InChI is InChI=1S/C12H9FN2O2S2/c1-19(16,17)12-10(9(6-14)11(15)18-12)7-2-4-8(13)5-3-7/h2-5H,15H2,1H3. The highest BCUT2D eigenvalue weighted by atomic mass is 32.2. The van der Waals surface area contributed by atoms with Gasteiger partial charge in [-0.05, 0) is 17.7 Å². The number of halogens is 1. The molecule has 7 heteroatoms. The van der Waals surface area contributed by atoms with Gasteiger partial charge in [0.2, 0.25) is 0 Å². The summed E-state index contributed by atoms with van der Waals surface area (Å²) in [4.78, 5) is 0. The minimum Gasteiger partial charge on any atom is -0.389 e. The van der Waals surface area contributed by atoms with E-state index in [4.69, 9.17) is 11.0 Å². The Bertz CT molecular complexity index is 771. The molecular formula is C12H9FN2O2S2. The van der Waals surface area contributed by atoms with Crippen LogP contribution in [0.5, 0.6) is 0 Å². The van der Waals surface area contributed by atoms with Gasteiger partial charge in [-0.15, -0.1) is 11.3 Å². The topological polar surface area (TPSA) is 83.9 Å². The zero-order valence-corrected chi connectivity index (χ0v) is 11.5. The number of nitrogens with two attached hydrogens (primary N) is 1. The molecule has 2 rings (SSSR count). The van der Waals surface area contributed by atoms with Gasteiger partial charge in [0.1, 0.15) is 21.1 Å². The van der Waals surface area contributed by atoms with Crippen LogP contribution in [-0.2, 0) is 9.84 Å². The average Bonchev–Trinajstić information content (AvgIpc) is 2.67. The molecule has 0 aliphatic heterocycles. The van der Waals surface area contributed by atoms with Gasteiger partial charge in [-0.25, -0.2) is 12.8 Å². The first-order chi connectivity index (χ1) is 8.84. The normalized spacial score (nSPS) is 11.2. The lowest BCUT2D eigenvalue weighted by Gasteiger charge is -2.03. The van der Waals surface area contributed by atoms with Gasteiger partial charge in [-0.2, -0.15) is 5.26 Å². The third kappa shape index (κ3) is 2.45. The first-order valence-electron chi connectivity index (χ1n) is 5.13. The van der Waals surface area contributed by atoms with E-state index in [-0.39, 0.29) is 20.3 Å². The molecule has 19 heavy (non-hydrogen) atoms. The summed E-state index contributed by atoms with van der Waals surface area (Å²) in [7, 11) is -3.51. The summed E-state index contributed by atoms with van der Waals surface area (Å²) in [6, 6.07) is 7.15. The quantitative estimate of drug-likeness (QED) is 0.922. The van der Waals surface area contributed by atoms with Gasteiger partial charge < -0.3 is 5.73 Å². The van der Waals surface area contributed by atoms with Gasteiger partial charge in [0, 0.05) is 11.8 Å². The minimum atomic E-state index is -3.51. The van der Waals surface area contributed by atoms with E-state index in [0.29, 0.717) is 5.56 Å². The van der Waals surface area contributed by atoms with Crippen LogP contribution in [0, 0.1) is 17.1 Å². The van der Waals surface area contributed by atoms with Gasteiger partial charge in [-0.3, -0.25) is 0 Å². The molecule has 2 aromatic rings. The zero-order valence-electron chi connectivity index (χ0n) is 9.84. The largest absolute Gasteiger partial charge is 0.389 e. The summed E-state index contributed by atoms with van der Waals surface area (Å²) in [5, 5.41) is 9.24. The van der Waals surface area contributed by atoms with Crippen LogP contribution in [0.15, 0.2) is 28.5 Å². The molecule has 1 heterocycles. The molecule has 0 radical (unpaired) electrons. The SMILES string of the molecule is CS(=O)(=O)c1sc(N)c(C#N)c1-c1ccc(F)cc1. The van der Waals surface area contributed by atoms with E-state index in [1.807, 2.05) is 6.07 Å². The van der Waals surface area contributed by atoms with E-state index in [9.17, 15) is 12.8 Å². The molecule has 98 valence electrons. The Morgan fingerprint density at radius 2 is 1.89 bits per heavy atom. The number of nitrogens with zero attached hydrogens (tertiary/aromatic N) is 1. The molecule has 0 fully saturated rings. The number of rotatable bonds is 2. The van der Waals surface area contributed by atoms with Gasteiger partial charge in [0.15, 0.2) is 9.84 Å². The molecular weight excluding hydrogens is 287 g/mol. The summed E-state index contributed by atoms with van der Waals surface area (Å²) < 4.78 is 36.4. The molecule has 0 unspecified atom stereocenters. The number of nitrogen functional groups attached to an aromatic ring is 1. The summed E-state index contributed by atoms with van der Waals surface area (Å²) in [6.45, 7) is 0. The van der Waals surface area contributed by atoms with Crippen LogP contribution in [0.1, 0.15) is 5.56 Å². The maximum Gasteiger partial charge on any atom is 0.185 e. The van der Waals surface area contributed by atoms with Crippen LogP contribution in [0.3, 0.4) is 0 Å². The van der Waals surface area contributed by atoms with Crippen LogP contribution < -0.4 is 5.73 Å². The van der Waals surface area contributed by atoms with Crippen LogP contribution in [-0.4, -0.2) is 14.7 Å². The van der Waals surface area contributed by atoms with Crippen molar-refractivity contribution < 1.29 is 12.8 Å². The monoisotopic (exact) mass is 296 g/mol. The average molecular weight is 296 g/mol. The summed E-state index contributed by atoms with van der Waals surface area (Å²) >= 11 is 0.845. The van der Waals surface area contributed by atoms with Crippen molar-refractivity contribution in [1.29, 1.82) is 5.26 Å². The molecule has 0 aliphatic carbocycles. The second-order valence-corrected chi connectivity index (χ2v) is 7.16. The van der Waals surface area contributed by atoms with Crippen LogP contribution in [0.2, 0.25) is 0 Å². The maximum atomic E-state index is 12.9. The third-order valence-electron chi connectivity index (χ3n) is 2.48. The van der Waals surface area contributed by atoms with Gasteiger partial charge in [-0.1, -0.05) is 12.1 Å². The molecule has 0 saturated heterocycles. The molecule has 4 nitrogen and oxygen atoms in total. The van der Waals surface area contributed by atoms with Crippen molar-refractivity contribution in [3.8, 4) is 17.2 Å². The van der Waals surface area contributed by atoms with Crippen molar-refractivity contribution in [2.75, 3.05) is 12.0 Å². The molecule has 0 atom stereocenters. The van der Waals surface area contributed by atoms with Crippen LogP contribution >= 0.6 is 11.3 Å². The van der Waals surface area contributed by atoms with Crippen molar-refractivity contribution in [1.82, 2.24) is 0 Å². The Morgan fingerprint density at radius 1 is 1.32 bits per heavy atom.